The number of carbonyl (C=O) groups is 3. The van der Waals surface area contributed by atoms with E-state index in [0.717, 1.165) is 11.3 Å². The molecule has 0 unspecified atom stereocenters. The van der Waals surface area contributed by atoms with Gasteiger partial charge in [0, 0.05) is 18.7 Å². The van der Waals surface area contributed by atoms with Crippen molar-refractivity contribution in [3.8, 4) is 0 Å². The van der Waals surface area contributed by atoms with Gasteiger partial charge in [-0.15, -0.1) is 11.3 Å². The van der Waals surface area contributed by atoms with Gasteiger partial charge in [-0.3, -0.25) is 9.59 Å². The predicted molar refractivity (Wildman–Crippen MR) is 121 cm³/mol. The van der Waals surface area contributed by atoms with Crippen molar-refractivity contribution in [1.82, 2.24) is 4.90 Å². The zero-order valence-corrected chi connectivity index (χ0v) is 19.8. The van der Waals surface area contributed by atoms with Crippen LogP contribution in [0, 0.1) is 6.92 Å². The minimum absolute atomic E-state index is 0.178. The van der Waals surface area contributed by atoms with Gasteiger partial charge in [0.2, 0.25) is 0 Å². The van der Waals surface area contributed by atoms with Crippen LogP contribution in [0.25, 0.3) is 0 Å². The normalized spacial score (nSPS) is 10.8. The lowest BCUT2D eigenvalue weighted by atomic mass is 10.1. The van der Waals surface area contributed by atoms with E-state index < -0.39 is 11.9 Å². The smallest absolute Gasteiger partial charge is 0.341 e. The van der Waals surface area contributed by atoms with E-state index >= 15 is 0 Å². The Morgan fingerprint density at radius 1 is 1.13 bits per heavy atom. The number of benzene rings is 1. The fourth-order valence-corrected chi connectivity index (χ4v) is 4.25. The predicted octanol–water partition coefficient (Wildman–Crippen LogP) is 5.66. The number of hydrogen-bond donors (Lipinski definition) is 1. The molecule has 0 fully saturated rings. The highest BCUT2D eigenvalue weighted by Crippen LogP contribution is 2.35. The number of rotatable bonds is 7. The molecule has 0 aliphatic carbocycles. The molecule has 0 saturated heterocycles. The molecule has 0 bridgehead atoms. The van der Waals surface area contributed by atoms with Gasteiger partial charge in [-0.2, -0.15) is 0 Å². The average Bonchev–Trinajstić information content (AvgIpc) is 3.00. The molecule has 1 N–H and O–H groups in total. The zero-order valence-electron chi connectivity index (χ0n) is 17.5. The summed E-state index contributed by atoms with van der Waals surface area (Å²) < 4.78 is 5.34. The van der Waals surface area contributed by atoms with Crippen LogP contribution in [0.3, 0.4) is 0 Å². The molecule has 0 aliphatic rings. The monoisotopic (exact) mass is 470 g/mol. The Hall–Kier alpha value is -2.09. The number of ether oxygens (including phenoxy) is 1. The van der Waals surface area contributed by atoms with E-state index in [1.54, 1.807) is 25.7 Å². The quantitative estimate of drug-likeness (QED) is 0.529. The summed E-state index contributed by atoms with van der Waals surface area (Å²) in [6.45, 7) is 9.97. The number of amides is 2. The summed E-state index contributed by atoms with van der Waals surface area (Å²) in [5.41, 5.74) is 0.930. The Labute approximate surface area is 190 Å². The molecular formula is C21H24Cl2N2O4S. The fraction of sp³-hybridized carbons (Fsp3) is 0.381. The van der Waals surface area contributed by atoms with E-state index in [4.69, 9.17) is 27.9 Å². The third-order valence-corrected chi connectivity index (χ3v) is 6.28. The van der Waals surface area contributed by atoms with E-state index in [1.807, 2.05) is 13.8 Å². The number of thiophene rings is 1. The van der Waals surface area contributed by atoms with Gasteiger partial charge >= 0.3 is 5.97 Å². The van der Waals surface area contributed by atoms with Gasteiger partial charge in [0.15, 0.2) is 0 Å². The van der Waals surface area contributed by atoms with Gasteiger partial charge < -0.3 is 15.0 Å². The Morgan fingerprint density at radius 2 is 1.77 bits per heavy atom. The number of anilines is 1. The number of carbonyl (C=O) groups excluding carboxylic acids is 3. The van der Waals surface area contributed by atoms with Crippen LogP contribution in [-0.4, -0.2) is 41.9 Å². The Kier molecular flexibility index (Phi) is 8.29. The molecule has 0 radical (unpaired) electrons. The maximum Gasteiger partial charge on any atom is 0.341 e. The molecule has 2 rings (SSSR count). The average molecular weight is 471 g/mol. The molecule has 0 aliphatic heterocycles. The third kappa shape index (κ3) is 5.33. The highest BCUT2D eigenvalue weighted by atomic mass is 35.5. The molecule has 2 amide bonds. The van der Waals surface area contributed by atoms with Gasteiger partial charge in [-0.1, -0.05) is 23.2 Å². The molecule has 6 nitrogen and oxygen atoms in total. The van der Waals surface area contributed by atoms with Crippen molar-refractivity contribution in [1.29, 1.82) is 0 Å². The fourth-order valence-electron chi connectivity index (χ4n) is 2.79. The van der Waals surface area contributed by atoms with E-state index in [-0.39, 0.29) is 33.2 Å². The maximum absolute atomic E-state index is 12.9. The molecule has 0 atom stereocenters. The van der Waals surface area contributed by atoms with E-state index in [2.05, 4.69) is 5.32 Å². The van der Waals surface area contributed by atoms with Crippen molar-refractivity contribution in [2.24, 2.45) is 0 Å². The summed E-state index contributed by atoms with van der Waals surface area (Å²) in [5.74, 6) is -1.27. The summed E-state index contributed by atoms with van der Waals surface area (Å²) in [5, 5.41) is 3.55. The summed E-state index contributed by atoms with van der Waals surface area (Å²) in [7, 11) is 0. The number of hydrogen-bond acceptors (Lipinski definition) is 5. The van der Waals surface area contributed by atoms with Crippen LogP contribution in [0.4, 0.5) is 5.00 Å². The second-order valence-electron chi connectivity index (χ2n) is 6.77. The Morgan fingerprint density at radius 3 is 2.30 bits per heavy atom. The third-order valence-electron chi connectivity index (χ3n) is 4.35. The standard InChI is InChI=1S/C21H24Cl2N2O4S/c1-6-25(7-2)20(27)17-12(5)16(21(28)29-11(3)4)19(30-17)24-18(26)13-8-9-14(22)15(23)10-13/h8-11H,6-7H2,1-5H3,(H,24,26). The largest absolute Gasteiger partial charge is 0.459 e. The van der Waals surface area contributed by atoms with Crippen LogP contribution in [0.2, 0.25) is 10.0 Å². The van der Waals surface area contributed by atoms with Crippen LogP contribution >= 0.6 is 34.5 Å². The Balaban J connectivity index is 2.48. The van der Waals surface area contributed by atoms with E-state index in [9.17, 15) is 14.4 Å². The second kappa shape index (κ2) is 10.3. The molecular weight excluding hydrogens is 447 g/mol. The van der Waals surface area contributed by atoms with Crippen LogP contribution in [-0.2, 0) is 4.74 Å². The SMILES string of the molecule is CCN(CC)C(=O)c1sc(NC(=O)c2ccc(Cl)c(Cl)c2)c(C(=O)OC(C)C)c1C. The van der Waals surface area contributed by atoms with Crippen molar-refractivity contribution in [2.75, 3.05) is 18.4 Å². The molecule has 162 valence electrons. The zero-order chi connectivity index (χ0) is 22.6. The molecule has 30 heavy (non-hydrogen) atoms. The lowest BCUT2D eigenvalue weighted by molar-refractivity contribution is 0.0379. The number of nitrogens with zero attached hydrogens (tertiary/aromatic N) is 1. The second-order valence-corrected chi connectivity index (χ2v) is 8.61. The molecule has 9 heteroatoms. The molecule has 0 saturated carbocycles. The molecule has 1 heterocycles. The lowest BCUT2D eigenvalue weighted by Crippen LogP contribution is -2.30. The Bertz CT molecular complexity index is 968. The molecule has 1 aromatic heterocycles. The maximum atomic E-state index is 12.9. The first-order chi connectivity index (χ1) is 14.1. The first kappa shape index (κ1) is 24.2. The van der Waals surface area contributed by atoms with Gasteiger partial charge in [0.1, 0.15) is 5.00 Å². The van der Waals surface area contributed by atoms with Gasteiger partial charge in [-0.25, -0.2) is 4.79 Å². The highest BCUT2D eigenvalue weighted by molar-refractivity contribution is 7.18. The van der Waals surface area contributed by atoms with Crippen molar-refractivity contribution < 1.29 is 19.1 Å². The molecule has 1 aromatic carbocycles. The number of halogens is 2. The topological polar surface area (TPSA) is 75.7 Å². The van der Waals surface area contributed by atoms with Crippen molar-refractivity contribution >= 4 is 57.3 Å². The van der Waals surface area contributed by atoms with E-state index in [1.165, 1.54) is 18.2 Å². The van der Waals surface area contributed by atoms with Crippen molar-refractivity contribution in [2.45, 2.75) is 40.7 Å². The summed E-state index contributed by atoms with van der Waals surface area (Å²) in [6, 6.07) is 4.48. The van der Waals surface area contributed by atoms with Crippen LogP contribution < -0.4 is 5.32 Å². The van der Waals surface area contributed by atoms with Gasteiger partial charge in [0.05, 0.1) is 26.6 Å². The van der Waals surface area contributed by atoms with Crippen LogP contribution in [0.1, 0.15) is 63.6 Å². The minimum atomic E-state index is -0.596. The molecule has 2 aromatic rings. The van der Waals surface area contributed by atoms with Gasteiger partial charge in [-0.05, 0) is 58.4 Å². The first-order valence-electron chi connectivity index (χ1n) is 9.50. The van der Waals surface area contributed by atoms with Gasteiger partial charge in [0.25, 0.3) is 11.8 Å². The van der Waals surface area contributed by atoms with E-state index in [0.29, 0.717) is 28.6 Å². The van der Waals surface area contributed by atoms with Crippen LogP contribution in [0.5, 0.6) is 0 Å². The number of nitrogens with one attached hydrogen (secondary N) is 1. The summed E-state index contributed by atoms with van der Waals surface area (Å²) in [6.07, 6.45) is -0.350. The lowest BCUT2D eigenvalue weighted by Gasteiger charge is -2.18. The first-order valence-corrected chi connectivity index (χ1v) is 11.1. The summed E-state index contributed by atoms with van der Waals surface area (Å²) >= 11 is 13.0. The minimum Gasteiger partial charge on any atom is -0.459 e. The highest BCUT2D eigenvalue weighted by Gasteiger charge is 2.29. The van der Waals surface area contributed by atoms with Crippen molar-refractivity contribution in [3.63, 3.8) is 0 Å². The molecule has 0 spiro atoms. The van der Waals surface area contributed by atoms with Crippen molar-refractivity contribution in [3.05, 3.63) is 49.8 Å². The number of esters is 1. The van der Waals surface area contributed by atoms with Crippen LogP contribution in [0.15, 0.2) is 18.2 Å². The summed E-state index contributed by atoms with van der Waals surface area (Å²) in [4.78, 5) is 40.4.